The molecule has 1 aliphatic rings. The summed E-state index contributed by atoms with van der Waals surface area (Å²) in [5, 5.41) is 6.57. The average molecular weight is 220 g/mol. The third kappa shape index (κ3) is 1.62. The molecule has 0 radical (unpaired) electrons. The van der Waals surface area contributed by atoms with E-state index in [1.165, 1.54) is 22.8 Å². The summed E-state index contributed by atoms with van der Waals surface area (Å²) < 4.78 is 14.2. The van der Waals surface area contributed by atoms with Crippen LogP contribution in [0.1, 0.15) is 12.8 Å². The topological polar surface area (TPSA) is 59.3 Å². The molecule has 1 aliphatic carbocycles. The number of nitrogens with one attached hydrogen (secondary N) is 1. The fourth-order valence-electron chi connectivity index (χ4n) is 1.47. The maximum Gasteiger partial charge on any atom is 0.249 e. The first-order valence-corrected chi connectivity index (χ1v) is 5.05. The number of nitrogens with zero attached hydrogens (tertiary/aromatic N) is 3. The molecule has 1 amide bonds. The highest BCUT2D eigenvalue weighted by Crippen LogP contribution is 2.29. The summed E-state index contributed by atoms with van der Waals surface area (Å²) in [7, 11) is 0. The molecule has 0 aromatic carbocycles. The zero-order valence-electron chi connectivity index (χ0n) is 8.35. The van der Waals surface area contributed by atoms with Gasteiger partial charge in [-0.05, 0) is 25.0 Å². The molecule has 0 atom stereocenters. The lowest BCUT2D eigenvalue weighted by atomic mass is 10.4. The molecule has 0 saturated heterocycles. The van der Waals surface area contributed by atoms with Crippen LogP contribution in [0.15, 0.2) is 18.3 Å². The molecule has 0 unspecified atom stereocenters. The lowest BCUT2D eigenvalue weighted by molar-refractivity contribution is -0.117. The summed E-state index contributed by atoms with van der Waals surface area (Å²) in [6.45, 7) is 0. The number of carbonyl (C=O) groups is 1. The average Bonchev–Trinajstić information content (AvgIpc) is 3.00. The molecule has 2 heterocycles. The van der Waals surface area contributed by atoms with Gasteiger partial charge in [0.25, 0.3) is 0 Å². The molecule has 0 spiro atoms. The van der Waals surface area contributed by atoms with Crippen molar-refractivity contribution >= 4 is 17.5 Å². The monoisotopic (exact) mass is 220 g/mol. The van der Waals surface area contributed by atoms with Crippen LogP contribution in [-0.4, -0.2) is 20.5 Å². The summed E-state index contributed by atoms with van der Waals surface area (Å²) >= 11 is 0. The van der Waals surface area contributed by atoms with Gasteiger partial charge in [-0.2, -0.15) is 4.98 Å². The maximum absolute atomic E-state index is 12.9. The van der Waals surface area contributed by atoms with Gasteiger partial charge in [0.1, 0.15) is 5.82 Å². The zero-order valence-corrected chi connectivity index (χ0v) is 8.35. The van der Waals surface area contributed by atoms with E-state index in [2.05, 4.69) is 15.4 Å². The molecule has 0 bridgehead atoms. The Labute approximate surface area is 90.3 Å². The molecule has 16 heavy (non-hydrogen) atoms. The second-order valence-corrected chi connectivity index (χ2v) is 3.85. The second kappa shape index (κ2) is 3.26. The van der Waals surface area contributed by atoms with Crippen molar-refractivity contribution in [3.8, 4) is 0 Å². The highest BCUT2D eigenvalue weighted by atomic mass is 19.1. The molecule has 0 aliphatic heterocycles. The van der Waals surface area contributed by atoms with Crippen LogP contribution in [0.4, 0.5) is 10.3 Å². The van der Waals surface area contributed by atoms with E-state index in [0.29, 0.717) is 5.65 Å². The summed E-state index contributed by atoms with van der Waals surface area (Å²) in [6.07, 6.45) is 3.07. The van der Waals surface area contributed by atoms with Crippen molar-refractivity contribution in [2.75, 3.05) is 5.32 Å². The zero-order chi connectivity index (χ0) is 11.1. The van der Waals surface area contributed by atoms with Crippen LogP contribution in [-0.2, 0) is 4.79 Å². The molecule has 2 aromatic rings. The van der Waals surface area contributed by atoms with Gasteiger partial charge in [0, 0.05) is 5.92 Å². The van der Waals surface area contributed by atoms with Crippen molar-refractivity contribution < 1.29 is 9.18 Å². The van der Waals surface area contributed by atoms with Crippen LogP contribution >= 0.6 is 0 Å². The van der Waals surface area contributed by atoms with Crippen LogP contribution in [0.2, 0.25) is 0 Å². The number of aromatic nitrogens is 3. The third-order valence-corrected chi connectivity index (χ3v) is 2.48. The van der Waals surface area contributed by atoms with E-state index in [0.717, 1.165) is 12.8 Å². The summed E-state index contributed by atoms with van der Waals surface area (Å²) in [5.74, 6) is -0.125. The first kappa shape index (κ1) is 9.26. The second-order valence-electron chi connectivity index (χ2n) is 3.85. The molecular formula is C10H9FN4O. The Morgan fingerprint density at radius 3 is 3.06 bits per heavy atom. The summed E-state index contributed by atoms with van der Waals surface area (Å²) in [6, 6.07) is 2.81. The van der Waals surface area contributed by atoms with Crippen molar-refractivity contribution in [3.05, 3.63) is 24.1 Å². The molecule has 82 valence electrons. The molecule has 6 heteroatoms. The fraction of sp³-hybridized carbons (Fsp3) is 0.300. The minimum Gasteiger partial charge on any atom is -0.293 e. The Morgan fingerprint density at radius 1 is 1.50 bits per heavy atom. The molecular weight excluding hydrogens is 211 g/mol. The number of halogens is 1. The number of fused-ring (bicyclic) bond motifs is 1. The highest BCUT2D eigenvalue weighted by molar-refractivity contribution is 5.92. The third-order valence-electron chi connectivity index (χ3n) is 2.48. The van der Waals surface area contributed by atoms with Crippen molar-refractivity contribution in [1.29, 1.82) is 0 Å². The minimum absolute atomic E-state index is 0.0589. The quantitative estimate of drug-likeness (QED) is 0.827. The number of pyridine rings is 1. The number of hydrogen-bond donors (Lipinski definition) is 1. The number of hydrogen-bond acceptors (Lipinski definition) is 3. The molecule has 1 saturated carbocycles. The maximum atomic E-state index is 12.9. The molecule has 1 fully saturated rings. The van der Waals surface area contributed by atoms with Crippen molar-refractivity contribution in [1.82, 2.24) is 14.6 Å². The van der Waals surface area contributed by atoms with E-state index in [4.69, 9.17) is 0 Å². The van der Waals surface area contributed by atoms with Gasteiger partial charge in [-0.25, -0.2) is 8.91 Å². The van der Waals surface area contributed by atoms with E-state index in [9.17, 15) is 9.18 Å². The van der Waals surface area contributed by atoms with Crippen molar-refractivity contribution in [3.63, 3.8) is 0 Å². The van der Waals surface area contributed by atoms with Gasteiger partial charge in [-0.1, -0.05) is 0 Å². The van der Waals surface area contributed by atoms with Gasteiger partial charge in [0.05, 0.1) is 6.20 Å². The Bertz CT molecular complexity index is 561. The Hall–Kier alpha value is -1.98. The van der Waals surface area contributed by atoms with Crippen molar-refractivity contribution in [2.45, 2.75) is 12.8 Å². The standard InChI is InChI=1S/C10H9FN4O/c11-7-3-4-8-12-10(14-15(8)5-7)13-9(16)6-1-2-6/h3-6H,1-2H2,(H,13,14,16). The predicted molar refractivity (Wildman–Crippen MR) is 54.3 cm³/mol. The highest BCUT2D eigenvalue weighted by Gasteiger charge is 2.30. The Kier molecular flexibility index (Phi) is 1.89. The van der Waals surface area contributed by atoms with Gasteiger partial charge in [-0.3, -0.25) is 10.1 Å². The van der Waals surface area contributed by atoms with Gasteiger partial charge < -0.3 is 0 Å². The Balaban J connectivity index is 1.89. The first-order valence-electron chi connectivity index (χ1n) is 5.05. The van der Waals surface area contributed by atoms with E-state index >= 15 is 0 Å². The van der Waals surface area contributed by atoms with Gasteiger partial charge in [0.15, 0.2) is 5.65 Å². The van der Waals surface area contributed by atoms with E-state index < -0.39 is 5.82 Å². The Morgan fingerprint density at radius 2 is 2.31 bits per heavy atom. The van der Waals surface area contributed by atoms with Gasteiger partial charge >= 0.3 is 0 Å². The lowest BCUT2D eigenvalue weighted by Crippen LogP contribution is -2.14. The van der Waals surface area contributed by atoms with Crippen molar-refractivity contribution in [2.24, 2.45) is 5.92 Å². The van der Waals surface area contributed by atoms with E-state index in [-0.39, 0.29) is 17.8 Å². The van der Waals surface area contributed by atoms with Crippen LogP contribution in [0.25, 0.3) is 5.65 Å². The van der Waals surface area contributed by atoms with Crippen LogP contribution < -0.4 is 5.32 Å². The van der Waals surface area contributed by atoms with Crippen LogP contribution in [0, 0.1) is 11.7 Å². The normalized spacial score (nSPS) is 15.3. The van der Waals surface area contributed by atoms with E-state index in [1.54, 1.807) is 0 Å². The minimum atomic E-state index is -0.391. The summed E-state index contributed by atoms with van der Waals surface area (Å²) in [5.41, 5.74) is 0.507. The number of carbonyl (C=O) groups excluding carboxylic acids is 1. The summed E-state index contributed by atoms with van der Waals surface area (Å²) in [4.78, 5) is 15.5. The lowest BCUT2D eigenvalue weighted by Gasteiger charge is -1.95. The number of amides is 1. The molecule has 5 nitrogen and oxygen atoms in total. The molecule has 3 rings (SSSR count). The number of rotatable bonds is 2. The van der Waals surface area contributed by atoms with Gasteiger partial charge in [-0.15, -0.1) is 5.10 Å². The van der Waals surface area contributed by atoms with Crippen LogP contribution in [0.3, 0.4) is 0 Å². The first-order chi connectivity index (χ1) is 7.72. The van der Waals surface area contributed by atoms with Crippen LogP contribution in [0.5, 0.6) is 0 Å². The smallest absolute Gasteiger partial charge is 0.249 e. The number of anilines is 1. The van der Waals surface area contributed by atoms with Gasteiger partial charge in [0.2, 0.25) is 11.9 Å². The predicted octanol–water partition coefficient (Wildman–Crippen LogP) is 1.22. The van der Waals surface area contributed by atoms with E-state index in [1.807, 2.05) is 0 Å². The fourth-order valence-corrected chi connectivity index (χ4v) is 1.47. The molecule has 2 aromatic heterocycles. The molecule has 1 N–H and O–H groups in total. The largest absolute Gasteiger partial charge is 0.293 e. The SMILES string of the molecule is O=C(Nc1nc2ccc(F)cn2n1)C1CC1.